The van der Waals surface area contributed by atoms with Gasteiger partial charge in [0.05, 0.1) is 22.7 Å². The number of phosphoric acid groups is 1. The van der Waals surface area contributed by atoms with Gasteiger partial charge in [-0.2, -0.15) is 0 Å². The first-order valence-corrected chi connectivity index (χ1v) is 16.4. The van der Waals surface area contributed by atoms with Gasteiger partial charge in [0.2, 0.25) is 6.23 Å². The average Bonchev–Trinajstić information content (AvgIpc) is 3.58. The van der Waals surface area contributed by atoms with Crippen molar-refractivity contribution < 1.29 is 66.4 Å². The number of amides is 2. The molecule has 2 aromatic rings. The zero-order valence-electron chi connectivity index (χ0n) is 23.2. The van der Waals surface area contributed by atoms with E-state index in [-0.39, 0.29) is 29.0 Å². The van der Waals surface area contributed by atoms with E-state index in [1.807, 2.05) is 0 Å². The number of nitro groups is 1. The average molecular weight is 679 g/mol. The van der Waals surface area contributed by atoms with Gasteiger partial charge in [0.1, 0.15) is 30.4 Å². The van der Waals surface area contributed by atoms with Gasteiger partial charge >= 0.3 is 18.0 Å². The van der Waals surface area contributed by atoms with Crippen molar-refractivity contribution in [3.05, 3.63) is 93.7 Å². The molecule has 0 bridgehead atoms. The van der Waals surface area contributed by atoms with Gasteiger partial charge in [-0.05, 0) is 24.3 Å². The number of ether oxygens (including phenoxy) is 3. The molecular formula is C26H23N3O15P2-2. The molecule has 2 N–H and O–H groups in total. The summed E-state index contributed by atoms with van der Waals surface area (Å²) in [5, 5.41) is 22.7. The number of nitrogens with one attached hydrogen (secondary N) is 1. The van der Waals surface area contributed by atoms with Gasteiger partial charge in [0.25, 0.3) is 13.5 Å². The summed E-state index contributed by atoms with van der Waals surface area (Å²) in [5.74, 6) is -2.57. The second kappa shape index (κ2) is 13.1. The van der Waals surface area contributed by atoms with E-state index in [1.165, 1.54) is 42.6 Å². The van der Waals surface area contributed by atoms with E-state index in [1.54, 1.807) is 24.3 Å². The Morgan fingerprint density at radius 2 is 1.80 bits per heavy atom. The van der Waals surface area contributed by atoms with Crippen LogP contribution >= 0.6 is 15.4 Å². The van der Waals surface area contributed by atoms with E-state index in [4.69, 9.17) is 19.3 Å². The first kappa shape index (κ1) is 33.0. The zero-order chi connectivity index (χ0) is 33.2. The first-order chi connectivity index (χ1) is 21.7. The highest BCUT2D eigenvalue weighted by Gasteiger charge is 2.45. The monoisotopic (exact) mass is 679 g/mol. The number of esters is 1. The molecule has 3 aliphatic heterocycles. The number of hydrogen-bond acceptors (Lipinski definition) is 14. The fourth-order valence-corrected chi connectivity index (χ4v) is 7.04. The number of fused-ring (bicyclic) bond motifs is 1. The van der Waals surface area contributed by atoms with Crippen LogP contribution < -0.4 is 15.1 Å². The summed E-state index contributed by atoms with van der Waals surface area (Å²) in [6.07, 6.45) is -3.83. The van der Waals surface area contributed by atoms with Gasteiger partial charge < -0.3 is 38.2 Å². The molecule has 3 aliphatic rings. The largest absolute Gasteiger partial charge is 0.778 e. The van der Waals surface area contributed by atoms with Crippen LogP contribution in [0.15, 0.2) is 72.4 Å². The van der Waals surface area contributed by atoms with Gasteiger partial charge in [-0.3, -0.25) is 34.0 Å². The Labute approximate surface area is 259 Å². The molecule has 2 aromatic carbocycles. The van der Waals surface area contributed by atoms with Crippen molar-refractivity contribution in [2.45, 2.75) is 31.1 Å². The Bertz CT molecular complexity index is 1710. The van der Waals surface area contributed by atoms with Crippen molar-refractivity contribution in [3.63, 3.8) is 0 Å². The molecule has 0 radical (unpaired) electrons. The number of carbonyl (C=O) groups excluding carboxylic acids is 2. The number of carboxylic acids is 1. The minimum absolute atomic E-state index is 0.115. The number of aliphatic carboxylic acids is 1. The lowest BCUT2D eigenvalue weighted by molar-refractivity contribution is -0.385. The van der Waals surface area contributed by atoms with E-state index in [2.05, 4.69) is 14.2 Å². The summed E-state index contributed by atoms with van der Waals surface area (Å²) in [6, 6.07) is 12.8. The topological polar surface area (TPSA) is 256 Å². The Morgan fingerprint density at radius 3 is 2.50 bits per heavy atom. The molecule has 0 aliphatic carbocycles. The van der Waals surface area contributed by atoms with Crippen molar-refractivity contribution >= 4 is 44.8 Å². The van der Waals surface area contributed by atoms with Crippen molar-refractivity contribution in [2.24, 2.45) is 0 Å². The highest BCUT2D eigenvalue weighted by molar-refractivity contribution is 7.63. The van der Waals surface area contributed by atoms with Crippen LogP contribution in [0.3, 0.4) is 0 Å². The second-order valence-electron chi connectivity index (χ2n) is 9.93. The molecule has 6 atom stereocenters. The summed E-state index contributed by atoms with van der Waals surface area (Å²) in [7, 11) is -11.1. The number of para-hydroxylation sites is 1. The van der Waals surface area contributed by atoms with E-state index >= 15 is 0 Å². The van der Waals surface area contributed by atoms with Crippen LogP contribution in [0.5, 0.6) is 0 Å². The molecule has 0 spiro atoms. The fraction of sp³-hybridized carbons (Fsp3) is 0.269. The number of nitrogens with zero attached hydrogens (tertiary/aromatic N) is 2. The molecule has 0 aromatic heterocycles. The maximum Gasteiger partial charge on any atom is 0.338 e. The molecule has 46 heavy (non-hydrogen) atoms. The highest BCUT2D eigenvalue weighted by atomic mass is 31.3. The van der Waals surface area contributed by atoms with Crippen LogP contribution in [0.2, 0.25) is 0 Å². The van der Waals surface area contributed by atoms with Gasteiger partial charge in [-0.1, -0.05) is 30.3 Å². The number of rotatable bonds is 12. The van der Waals surface area contributed by atoms with Crippen LogP contribution in [0.1, 0.15) is 22.3 Å². The summed E-state index contributed by atoms with van der Waals surface area (Å²) in [4.78, 5) is 72.5. The number of carbonyl (C=O) groups is 3. The molecular weight excluding hydrogens is 656 g/mol. The summed E-state index contributed by atoms with van der Waals surface area (Å²) in [5.41, 5.74) is 0.454. The standard InChI is InChI=1S/C26H25N3O15P2/c30-23(31)14-45(36,37)44-46(38,39)40-13-21-20(43-25(32)15-6-2-1-3-7-15)11-22(41-21)28-12-16-10-19(42-24(16)27-26(28)33)17-8-4-5-9-18(17)29(34)35/h1-10,12,20-22,24H,11,13-14H2,(H,27,33)(H,30,31)(H,36,37)(H,38,39)/p-2/t20?,21-,22-,24?/m1/s1. The van der Waals surface area contributed by atoms with E-state index in [0.29, 0.717) is 5.57 Å². The normalized spacial score (nSPS) is 24.7. The van der Waals surface area contributed by atoms with Crippen LogP contribution in [-0.4, -0.2) is 70.3 Å². The lowest BCUT2D eigenvalue weighted by atomic mass is 10.1. The predicted molar refractivity (Wildman–Crippen MR) is 148 cm³/mol. The van der Waals surface area contributed by atoms with Gasteiger partial charge in [0, 0.05) is 24.3 Å². The quantitative estimate of drug-likeness (QED) is 0.140. The molecule has 1 fully saturated rings. The molecule has 1 saturated heterocycles. The van der Waals surface area contributed by atoms with Crippen molar-refractivity contribution in [1.82, 2.24) is 10.2 Å². The van der Waals surface area contributed by atoms with Crippen molar-refractivity contribution in [1.29, 1.82) is 0 Å². The molecule has 0 saturated carbocycles. The Balaban J connectivity index is 1.36. The molecule has 5 rings (SSSR count). The van der Waals surface area contributed by atoms with Gasteiger partial charge in [0.15, 0.2) is 7.60 Å². The fourth-order valence-electron chi connectivity index (χ4n) is 4.74. The third-order valence-electron chi connectivity index (χ3n) is 6.70. The molecule has 3 heterocycles. The number of nitro benzene ring substituents is 1. The zero-order valence-corrected chi connectivity index (χ0v) is 25.0. The Morgan fingerprint density at radius 1 is 1.11 bits per heavy atom. The Kier molecular flexibility index (Phi) is 9.42. The maximum absolute atomic E-state index is 13.1. The van der Waals surface area contributed by atoms with Crippen molar-refractivity contribution in [3.8, 4) is 0 Å². The molecule has 4 unspecified atom stereocenters. The maximum atomic E-state index is 13.1. The summed E-state index contributed by atoms with van der Waals surface area (Å²) >= 11 is 0. The third kappa shape index (κ3) is 7.68. The van der Waals surface area contributed by atoms with Crippen molar-refractivity contribution in [2.75, 3.05) is 12.8 Å². The van der Waals surface area contributed by atoms with Gasteiger partial charge in [-0.25, -0.2) is 9.59 Å². The molecule has 2 amide bonds. The summed E-state index contributed by atoms with van der Waals surface area (Å²) in [6.45, 7) is -0.948. The number of urea groups is 1. The van der Waals surface area contributed by atoms with E-state index in [0.717, 1.165) is 4.90 Å². The second-order valence-corrected chi connectivity index (χ2v) is 13.3. The third-order valence-corrected chi connectivity index (χ3v) is 9.62. The SMILES string of the molecule is O=C(O)CP(=O)([O-])OP(=O)([O-])OC[C@H]1O[C@@H](N2C=C3C=C(c4ccccc4[N+](=O)[O-])OC3NC2=O)CC1OC(=O)c1ccccc1. The Hall–Kier alpha value is -4.41. The van der Waals surface area contributed by atoms with Crippen LogP contribution in [0.4, 0.5) is 10.5 Å². The van der Waals surface area contributed by atoms with E-state index in [9.17, 15) is 43.4 Å². The smallest absolute Gasteiger partial charge is 0.338 e. The lowest BCUT2D eigenvalue weighted by Gasteiger charge is -2.32. The number of benzene rings is 2. The number of phosphoric ester groups is 1. The highest BCUT2D eigenvalue weighted by Crippen LogP contribution is 2.55. The summed E-state index contributed by atoms with van der Waals surface area (Å²) < 4.78 is 49.7. The molecule has 244 valence electrons. The number of hydrogen-bond donors (Lipinski definition) is 2. The lowest BCUT2D eigenvalue weighted by Crippen LogP contribution is -2.51. The van der Waals surface area contributed by atoms with E-state index < -0.39 is 75.7 Å². The molecule has 20 heteroatoms. The van der Waals surface area contributed by atoms with Crippen LogP contribution in [0.25, 0.3) is 5.76 Å². The minimum Gasteiger partial charge on any atom is -0.778 e. The van der Waals surface area contributed by atoms with Crippen LogP contribution in [0, 0.1) is 10.1 Å². The minimum atomic E-state index is -5.65. The first-order valence-electron chi connectivity index (χ1n) is 13.2. The number of carboxylic acid groups (broad SMARTS) is 1. The van der Waals surface area contributed by atoms with Crippen LogP contribution in [-0.2, 0) is 37.0 Å². The van der Waals surface area contributed by atoms with Gasteiger partial charge in [-0.15, -0.1) is 0 Å². The predicted octanol–water partition coefficient (Wildman–Crippen LogP) is 1.68. The molecule has 18 nitrogen and oxygen atoms in total.